The van der Waals surface area contributed by atoms with E-state index in [0.717, 1.165) is 28.1 Å². The molecular weight excluding hydrogens is 583 g/mol. The number of hydrogen-bond acceptors (Lipinski definition) is 2. The summed E-state index contributed by atoms with van der Waals surface area (Å²) in [6.07, 6.45) is 3.92. The van der Waals surface area contributed by atoms with E-state index in [1.807, 2.05) is 12.4 Å². The van der Waals surface area contributed by atoms with Crippen LogP contribution in [0.15, 0.2) is 176 Å². The maximum Gasteiger partial charge on any atom is 0.159 e. The van der Waals surface area contributed by atoms with E-state index in [0.29, 0.717) is 0 Å². The first kappa shape index (κ1) is 26.9. The number of nitrogens with zero attached hydrogens (tertiary/aromatic N) is 3. The first-order chi connectivity index (χ1) is 23.8. The van der Waals surface area contributed by atoms with Crippen molar-refractivity contribution in [2.45, 2.75) is 5.41 Å². The first-order valence-electron chi connectivity index (χ1n) is 16.4. The Hall–Kier alpha value is -6.32. The molecule has 0 N–H and O–H groups in total. The summed E-state index contributed by atoms with van der Waals surface area (Å²) < 4.78 is 2.32. The second-order valence-electron chi connectivity index (χ2n) is 12.6. The van der Waals surface area contributed by atoms with Gasteiger partial charge in [0, 0.05) is 16.3 Å². The van der Waals surface area contributed by atoms with E-state index in [1.165, 1.54) is 54.9 Å². The van der Waals surface area contributed by atoms with Crippen molar-refractivity contribution in [3.05, 3.63) is 198 Å². The van der Waals surface area contributed by atoms with Gasteiger partial charge >= 0.3 is 0 Å². The molecule has 0 saturated heterocycles. The van der Waals surface area contributed by atoms with Crippen LogP contribution >= 0.6 is 0 Å². The van der Waals surface area contributed by atoms with Crippen LogP contribution in [-0.2, 0) is 5.41 Å². The Labute approximate surface area is 278 Å². The average molecular weight is 612 g/mol. The number of hydrogen-bond donors (Lipinski definition) is 0. The van der Waals surface area contributed by atoms with Gasteiger partial charge < -0.3 is 4.57 Å². The van der Waals surface area contributed by atoms with Gasteiger partial charge in [0.05, 0.1) is 34.5 Å². The third-order valence-corrected chi connectivity index (χ3v) is 10.2. The van der Waals surface area contributed by atoms with Gasteiger partial charge in [0.1, 0.15) is 0 Å². The minimum atomic E-state index is -0.448. The number of fused-ring (bicyclic) bond motifs is 8. The molecule has 0 radical (unpaired) electrons. The molecule has 0 unspecified atom stereocenters. The van der Waals surface area contributed by atoms with Gasteiger partial charge in [-0.15, -0.1) is 0 Å². The Bertz CT molecular complexity index is 2610. The molecule has 224 valence electrons. The molecule has 1 aliphatic carbocycles. The van der Waals surface area contributed by atoms with Crippen molar-refractivity contribution in [3.63, 3.8) is 0 Å². The predicted molar refractivity (Wildman–Crippen MR) is 197 cm³/mol. The summed E-state index contributed by atoms with van der Waals surface area (Å²) in [5, 5.41) is 4.86. The number of para-hydroxylation sites is 1. The van der Waals surface area contributed by atoms with E-state index in [-0.39, 0.29) is 0 Å². The fourth-order valence-corrected chi connectivity index (χ4v) is 8.18. The quantitative estimate of drug-likeness (QED) is 0.198. The molecule has 3 heteroatoms. The molecule has 48 heavy (non-hydrogen) atoms. The maximum absolute atomic E-state index is 4.90. The van der Waals surface area contributed by atoms with Gasteiger partial charge in [-0.05, 0) is 62.4 Å². The normalized spacial score (nSPS) is 13.2. The zero-order valence-electron chi connectivity index (χ0n) is 26.1. The summed E-state index contributed by atoms with van der Waals surface area (Å²) in [5.41, 5.74) is 11.5. The van der Waals surface area contributed by atoms with Crippen LogP contribution < -0.4 is 0 Å². The standard InChI is InChI=1S/C45H29N3/c1-3-15-33(16-4-1)45(34-17-5-2-6-18-34)38-21-11-9-19-36(38)42-39(45)25-26-41-43(42)37-20-10-12-22-40(37)48(41)35-28-46-44(47-29-35)32-24-23-30-13-7-8-14-31(30)27-32/h1-29H. The van der Waals surface area contributed by atoms with Crippen molar-refractivity contribution in [1.29, 1.82) is 0 Å². The molecule has 0 fully saturated rings. The highest BCUT2D eigenvalue weighted by atomic mass is 15.0. The third kappa shape index (κ3) is 3.70. The average Bonchev–Trinajstić information content (AvgIpc) is 3.66. The Morgan fingerprint density at radius 3 is 1.90 bits per heavy atom. The highest BCUT2D eigenvalue weighted by Crippen LogP contribution is 2.58. The zero-order valence-corrected chi connectivity index (χ0v) is 26.1. The summed E-state index contributed by atoms with van der Waals surface area (Å²) >= 11 is 0. The van der Waals surface area contributed by atoms with Crippen molar-refractivity contribution in [2.24, 2.45) is 0 Å². The van der Waals surface area contributed by atoms with Crippen molar-refractivity contribution in [2.75, 3.05) is 0 Å². The van der Waals surface area contributed by atoms with Crippen molar-refractivity contribution in [3.8, 4) is 28.2 Å². The lowest BCUT2D eigenvalue weighted by molar-refractivity contribution is 0.769. The monoisotopic (exact) mass is 611 g/mol. The molecule has 3 nitrogen and oxygen atoms in total. The summed E-state index contributed by atoms with van der Waals surface area (Å²) in [7, 11) is 0. The van der Waals surface area contributed by atoms with Crippen molar-refractivity contribution < 1.29 is 0 Å². The van der Waals surface area contributed by atoms with E-state index in [2.05, 4.69) is 168 Å². The van der Waals surface area contributed by atoms with E-state index in [4.69, 9.17) is 9.97 Å². The molecular formula is C45H29N3. The van der Waals surface area contributed by atoms with Gasteiger partial charge in [0.25, 0.3) is 0 Å². The van der Waals surface area contributed by atoms with Crippen LogP contribution in [0.2, 0.25) is 0 Å². The molecule has 9 aromatic rings. The Balaban J connectivity index is 1.24. The van der Waals surface area contributed by atoms with Crippen LogP contribution in [-0.4, -0.2) is 14.5 Å². The summed E-state index contributed by atoms with van der Waals surface area (Å²) in [4.78, 5) is 9.81. The minimum absolute atomic E-state index is 0.448. The smallest absolute Gasteiger partial charge is 0.159 e. The SMILES string of the molecule is c1ccc(C2(c3ccccc3)c3ccccc3-c3c2ccc2c3c3ccccc3n2-c2cnc(-c3ccc4ccccc4c3)nc2)cc1. The van der Waals surface area contributed by atoms with Gasteiger partial charge in [-0.25, -0.2) is 9.97 Å². The lowest BCUT2D eigenvalue weighted by atomic mass is 9.67. The number of rotatable bonds is 4. The molecule has 0 saturated carbocycles. The Kier molecular flexibility index (Phi) is 5.79. The molecule has 0 amide bonds. The van der Waals surface area contributed by atoms with E-state index in [1.54, 1.807) is 0 Å². The highest BCUT2D eigenvalue weighted by Gasteiger charge is 2.47. The van der Waals surface area contributed by atoms with E-state index in [9.17, 15) is 0 Å². The molecule has 0 spiro atoms. The van der Waals surface area contributed by atoms with Gasteiger partial charge in [-0.2, -0.15) is 0 Å². The maximum atomic E-state index is 4.90. The van der Waals surface area contributed by atoms with Crippen molar-refractivity contribution in [1.82, 2.24) is 14.5 Å². The summed E-state index contributed by atoms with van der Waals surface area (Å²) in [6, 6.07) is 59.1. The molecule has 1 aliphatic rings. The van der Waals surface area contributed by atoms with Gasteiger partial charge in [0.15, 0.2) is 5.82 Å². The predicted octanol–water partition coefficient (Wildman–Crippen LogP) is 10.8. The molecule has 0 bridgehead atoms. The van der Waals surface area contributed by atoms with Crippen LogP contribution in [0.1, 0.15) is 22.3 Å². The molecule has 0 aliphatic heterocycles. The molecule has 2 aromatic heterocycles. The topological polar surface area (TPSA) is 30.7 Å². The van der Waals surface area contributed by atoms with Crippen LogP contribution in [0.25, 0.3) is 60.8 Å². The molecule has 10 rings (SSSR count). The summed E-state index contributed by atoms with van der Waals surface area (Å²) in [6.45, 7) is 0. The van der Waals surface area contributed by atoms with Gasteiger partial charge in [-0.3, -0.25) is 0 Å². The molecule has 2 heterocycles. The van der Waals surface area contributed by atoms with Crippen LogP contribution in [0.5, 0.6) is 0 Å². The highest BCUT2D eigenvalue weighted by molar-refractivity contribution is 6.18. The van der Waals surface area contributed by atoms with Gasteiger partial charge in [-0.1, -0.05) is 146 Å². The second kappa shape index (κ2) is 10.3. The molecule has 0 atom stereocenters. The van der Waals surface area contributed by atoms with Crippen LogP contribution in [0, 0.1) is 0 Å². The lowest BCUT2D eigenvalue weighted by Crippen LogP contribution is -2.28. The fraction of sp³-hybridized carbons (Fsp3) is 0.0222. The Morgan fingerprint density at radius 2 is 1.12 bits per heavy atom. The fourth-order valence-electron chi connectivity index (χ4n) is 8.18. The number of aromatic nitrogens is 3. The second-order valence-corrected chi connectivity index (χ2v) is 12.6. The minimum Gasteiger partial charge on any atom is -0.306 e. The Morgan fingerprint density at radius 1 is 0.479 bits per heavy atom. The summed E-state index contributed by atoms with van der Waals surface area (Å²) in [5.74, 6) is 0.718. The van der Waals surface area contributed by atoms with E-state index < -0.39 is 5.41 Å². The lowest BCUT2D eigenvalue weighted by Gasteiger charge is -2.33. The van der Waals surface area contributed by atoms with Gasteiger partial charge in [0.2, 0.25) is 0 Å². The zero-order chi connectivity index (χ0) is 31.7. The van der Waals surface area contributed by atoms with E-state index >= 15 is 0 Å². The van der Waals surface area contributed by atoms with Crippen LogP contribution in [0.4, 0.5) is 0 Å². The number of benzene rings is 7. The largest absolute Gasteiger partial charge is 0.306 e. The third-order valence-electron chi connectivity index (χ3n) is 10.2. The van der Waals surface area contributed by atoms with Crippen molar-refractivity contribution >= 4 is 32.6 Å². The molecule has 7 aromatic carbocycles. The first-order valence-corrected chi connectivity index (χ1v) is 16.4. The van der Waals surface area contributed by atoms with Crippen LogP contribution in [0.3, 0.4) is 0 Å².